The molecule has 0 aliphatic heterocycles. The Morgan fingerprint density at radius 3 is 2.72 bits per heavy atom. The lowest BCUT2D eigenvalue weighted by atomic mass is 10.1. The van der Waals surface area contributed by atoms with Crippen molar-refractivity contribution in [2.24, 2.45) is 5.73 Å². The second-order valence-corrected chi connectivity index (χ2v) is 4.85. The van der Waals surface area contributed by atoms with Gasteiger partial charge >= 0.3 is 0 Å². The third-order valence-electron chi connectivity index (χ3n) is 2.75. The van der Waals surface area contributed by atoms with Gasteiger partial charge in [0, 0.05) is 23.5 Å². The first-order valence-electron chi connectivity index (χ1n) is 5.88. The van der Waals surface area contributed by atoms with Crippen LogP contribution in [0.1, 0.15) is 28.4 Å². The highest BCUT2D eigenvalue weighted by Gasteiger charge is 2.08. The van der Waals surface area contributed by atoms with Gasteiger partial charge in [0.05, 0.1) is 0 Å². The monoisotopic (exact) mass is 260 g/mol. The molecular formula is C14H16N2OS. The van der Waals surface area contributed by atoms with Crippen molar-refractivity contribution < 1.29 is 4.79 Å². The summed E-state index contributed by atoms with van der Waals surface area (Å²) in [4.78, 5) is 11.7. The number of carbonyl (C=O) groups excluding carboxylic acids is 1. The molecule has 2 rings (SSSR count). The van der Waals surface area contributed by atoms with Crippen molar-refractivity contribution in [3.05, 3.63) is 58.3 Å². The van der Waals surface area contributed by atoms with Crippen LogP contribution in [0.15, 0.2) is 47.2 Å². The Labute approximate surface area is 111 Å². The summed E-state index contributed by atoms with van der Waals surface area (Å²) < 4.78 is 0. The van der Waals surface area contributed by atoms with Gasteiger partial charge in [0.25, 0.3) is 5.91 Å². The van der Waals surface area contributed by atoms with Gasteiger partial charge in [0.2, 0.25) is 0 Å². The molecule has 4 heteroatoms. The second kappa shape index (κ2) is 6.33. The standard InChI is InChI=1S/C14H16N2OS/c15-13(11-4-2-1-3-5-11)6-8-16-14(17)12-7-9-18-10-12/h1-5,7,9-10,13H,6,8,15H2,(H,16,17). The fraction of sp³-hybridized carbons (Fsp3) is 0.214. The van der Waals surface area contributed by atoms with Crippen LogP contribution in [-0.2, 0) is 0 Å². The van der Waals surface area contributed by atoms with E-state index in [0.717, 1.165) is 12.0 Å². The van der Waals surface area contributed by atoms with Crippen molar-refractivity contribution in [1.29, 1.82) is 0 Å². The van der Waals surface area contributed by atoms with Gasteiger partial charge in [-0.15, -0.1) is 0 Å². The molecule has 1 aromatic heterocycles. The van der Waals surface area contributed by atoms with Crippen molar-refractivity contribution in [2.45, 2.75) is 12.5 Å². The Morgan fingerprint density at radius 1 is 1.28 bits per heavy atom. The first-order chi connectivity index (χ1) is 8.77. The minimum absolute atomic E-state index is 0.0310. The van der Waals surface area contributed by atoms with E-state index in [0.29, 0.717) is 12.1 Å². The quantitative estimate of drug-likeness (QED) is 0.868. The molecule has 0 saturated heterocycles. The molecule has 0 bridgehead atoms. The predicted molar refractivity (Wildman–Crippen MR) is 74.6 cm³/mol. The summed E-state index contributed by atoms with van der Waals surface area (Å²) in [5.74, 6) is -0.0310. The van der Waals surface area contributed by atoms with Crippen LogP contribution in [0.25, 0.3) is 0 Å². The minimum Gasteiger partial charge on any atom is -0.352 e. The van der Waals surface area contributed by atoms with E-state index >= 15 is 0 Å². The second-order valence-electron chi connectivity index (χ2n) is 4.07. The summed E-state index contributed by atoms with van der Waals surface area (Å²) in [5, 5.41) is 6.61. The number of hydrogen-bond donors (Lipinski definition) is 2. The number of nitrogens with one attached hydrogen (secondary N) is 1. The number of hydrogen-bond acceptors (Lipinski definition) is 3. The van der Waals surface area contributed by atoms with Gasteiger partial charge in [0.1, 0.15) is 0 Å². The zero-order chi connectivity index (χ0) is 12.8. The van der Waals surface area contributed by atoms with Crippen molar-refractivity contribution in [1.82, 2.24) is 5.32 Å². The van der Waals surface area contributed by atoms with E-state index < -0.39 is 0 Å². The SMILES string of the molecule is NC(CCNC(=O)c1ccsc1)c1ccccc1. The van der Waals surface area contributed by atoms with Crippen LogP contribution in [-0.4, -0.2) is 12.5 Å². The molecule has 1 heterocycles. The Bertz CT molecular complexity index is 482. The van der Waals surface area contributed by atoms with E-state index in [1.807, 2.05) is 47.2 Å². The Hall–Kier alpha value is -1.65. The third kappa shape index (κ3) is 3.42. The van der Waals surface area contributed by atoms with Crippen molar-refractivity contribution in [3.63, 3.8) is 0 Å². The Balaban J connectivity index is 1.77. The van der Waals surface area contributed by atoms with Gasteiger partial charge in [0.15, 0.2) is 0 Å². The molecule has 0 aliphatic rings. The summed E-state index contributed by atoms with van der Waals surface area (Å²) in [6.07, 6.45) is 0.736. The van der Waals surface area contributed by atoms with Crippen molar-refractivity contribution >= 4 is 17.2 Å². The highest BCUT2D eigenvalue weighted by Crippen LogP contribution is 2.12. The zero-order valence-corrected chi connectivity index (χ0v) is 10.8. The van der Waals surface area contributed by atoms with E-state index in [2.05, 4.69) is 5.32 Å². The fourth-order valence-electron chi connectivity index (χ4n) is 1.70. The Morgan fingerprint density at radius 2 is 2.06 bits per heavy atom. The molecule has 3 N–H and O–H groups in total. The lowest BCUT2D eigenvalue weighted by Crippen LogP contribution is -2.26. The zero-order valence-electron chi connectivity index (χ0n) is 10.0. The summed E-state index contributed by atoms with van der Waals surface area (Å²) in [7, 11) is 0. The largest absolute Gasteiger partial charge is 0.352 e. The smallest absolute Gasteiger partial charge is 0.252 e. The molecule has 0 aliphatic carbocycles. The number of carbonyl (C=O) groups is 1. The van der Waals surface area contributed by atoms with Gasteiger partial charge in [-0.2, -0.15) is 11.3 Å². The lowest BCUT2D eigenvalue weighted by molar-refractivity contribution is 0.0953. The topological polar surface area (TPSA) is 55.1 Å². The highest BCUT2D eigenvalue weighted by molar-refractivity contribution is 7.08. The maximum absolute atomic E-state index is 11.7. The predicted octanol–water partition coefficient (Wildman–Crippen LogP) is 2.57. The minimum atomic E-state index is -0.0334. The number of amides is 1. The van der Waals surface area contributed by atoms with Crippen LogP contribution in [0.4, 0.5) is 0 Å². The molecule has 1 unspecified atom stereocenters. The molecule has 0 saturated carbocycles. The molecule has 1 amide bonds. The highest BCUT2D eigenvalue weighted by atomic mass is 32.1. The molecule has 0 spiro atoms. The van der Waals surface area contributed by atoms with Gasteiger partial charge in [-0.3, -0.25) is 4.79 Å². The van der Waals surface area contributed by atoms with E-state index in [1.54, 1.807) is 0 Å². The summed E-state index contributed by atoms with van der Waals surface area (Å²) in [6, 6.07) is 11.7. The number of thiophene rings is 1. The fourth-order valence-corrected chi connectivity index (χ4v) is 2.34. The number of benzene rings is 1. The molecule has 1 atom stereocenters. The normalized spacial score (nSPS) is 12.1. The van der Waals surface area contributed by atoms with Crippen LogP contribution in [0.5, 0.6) is 0 Å². The van der Waals surface area contributed by atoms with Gasteiger partial charge < -0.3 is 11.1 Å². The molecule has 18 heavy (non-hydrogen) atoms. The van der Waals surface area contributed by atoms with Crippen molar-refractivity contribution in [3.8, 4) is 0 Å². The number of nitrogens with two attached hydrogens (primary N) is 1. The van der Waals surface area contributed by atoms with Crippen LogP contribution in [0, 0.1) is 0 Å². The molecular weight excluding hydrogens is 244 g/mol. The lowest BCUT2D eigenvalue weighted by Gasteiger charge is -2.12. The molecule has 3 nitrogen and oxygen atoms in total. The summed E-state index contributed by atoms with van der Waals surface area (Å²) in [6.45, 7) is 0.588. The maximum Gasteiger partial charge on any atom is 0.252 e. The number of rotatable bonds is 5. The van der Waals surface area contributed by atoms with Crippen LogP contribution in [0.2, 0.25) is 0 Å². The summed E-state index contributed by atoms with van der Waals surface area (Å²) >= 11 is 1.52. The summed E-state index contributed by atoms with van der Waals surface area (Å²) in [5.41, 5.74) is 7.87. The van der Waals surface area contributed by atoms with E-state index in [1.165, 1.54) is 11.3 Å². The first kappa shape index (κ1) is 12.8. The van der Waals surface area contributed by atoms with Crippen LogP contribution in [0.3, 0.4) is 0 Å². The molecule has 1 aromatic carbocycles. The van der Waals surface area contributed by atoms with Crippen molar-refractivity contribution in [2.75, 3.05) is 6.54 Å². The Kier molecular flexibility index (Phi) is 4.50. The van der Waals surface area contributed by atoms with E-state index in [9.17, 15) is 4.79 Å². The third-order valence-corrected chi connectivity index (χ3v) is 3.44. The molecule has 2 aromatic rings. The van der Waals surface area contributed by atoms with Gasteiger partial charge in [-0.05, 0) is 23.4 Å². The average molecular weight is 260 g/mol. The molecule has 94 valence electrons. The van der Waals surface area contributed by atoms with Crippen LogP contribution < -0.4 is 11.1 Å². The average Bonchev–Trinajstić information content (AvgIpc) is 2.93. The maximum atomic E-state index is 11.7. The molecule has 0 radical (unpaired) electrons. The first-order valence-corrected chi connectivity index (χ1v) is 6.82. The molecule has 0 fully saturated rings. The van der Waals surface area contributed by atoms with E-state index in [-0.39, 0.29) is 11.9 Å². The van der Waals surface area contributed by atoms with Gasteiger partial charge in [-0.1, -0.05) is 30.3 Å². The van der Waals surface area contributed by atoms with Crippen LogP contribution >= 0.6 is 11.3 Å². The van der Waals surface area contributed by atoms with Gasteiger partial charge in [-0.25, -0.2) is 0 Å². The van der Waals surface area contributed by atoms with E-state index in [4.69, 9.17) is 5.73 Å².